The van der Waals surface area contributed by atoms with Crippen LogP contribution in [0.1, 0.15) is 17.0 Å². The fourth-order valence-electron chi connectivity index (χ4n) is 2.30. The first-order valence-electron chi connectivity index (χ1n) is 7.28. The van der Waals surface area contributed by atoms with Crippen LogP contribution >= 0.6 is 0 Å². The second-order valence-electron chi connectivity index (χ2n) is 5.23. The number of alkyl halides is 3. The largest absolute Gasteiger partial charge is 0.573 e. The van der Waals surface area contributed by atoms with Gasteiger partial charge in [0, 0.05) is 0 Å². The summed E-state index contributed by atoms with van der Waals surface area (Å²) in [6.45, 7) is 0. The van der Waals surface area contributed by atoms with Crippen molar-refractivity contribution < 1.29 is 22.7 Å². The lowest BCUT2D eigenvalue weighted by atomic mass is 9.91. The highest BCUT2D eigenvalue weighted by atomic mass is 19.4. The number of rotatable bonds is 5. The van der Waals surface area contributed by atoms with E-state index in [0.29, 0.717) is 11.1 Å². The second-order valence-corrected chi connectivity index (χ2v) is 5.23. The Morgan fingerprint density at radius 2 is 1.64 bits per heavy atom. The molecule has 1 amide bonds. The van der Waals surface area contributed by atoms with Crippen molar-refractivity contribution in [3.63, 3.8) is 0 Å². The number of nitrogens with zero attached hydrogens (tertiary/aromatic N) is 1. The third-order valence-electron chi connectivity index (χ3n) is 3.34. The number of benzene rings is 2. The van der Waals surface area contributed by atoms with Crippen molar-refractivity contribution >= 4 is 11.9 Å². The van der Waals surface area contributed by atoms with Crippen molar-refractivity contribution in [2.75, 3.05) is 0 Å². The molecule has 0 spiro atoms. The van der Waals surface area contributed by atoms with E-state index in [1.54, 1.807) is 30.3 Å². The second kappa shape index (κ2) is 7.69. The molecule has 0 saturated heterocycles. The molecule has 2 aromatic carbocycles. The van der Waals surface area contributed by atoms with E-state index in [-0.39, 0.29) is 18.1 Å². The molecule has 1 atom stereocenters. The summed E-state index contributed by atoms with van der Waals surface area (Å²) in [7, 11) is 0. The van der Waals surface area contributed by atoms with Gasteiger partial charge in [-0.2, -0.15) is 4.99 Å². The standard InChI is InChI=1S/C17H16F3N3O2/c18-17(19,20)25-13-8-6-11(7-9-13)10-14(15(24)23-16(21)22)12-4-2-1-3-5-12/h1-9,14H,10H2,(H4,21,22,23,24)/t14-/m0/s1. The molecule has 0 saturated carbocycles. The molecular formula is C17H16F3N3O2. The Kier molecular flexibility index (Phi) is 5.63. The molecule has 0 radical (unpaired) electrons. The van der Waals surface area contributed by atoms with E-state index in [1.807, 2.05) is 0 Å². The number of hydrogen-bond acceptors (Lipinski definition) is 2. The van der Waals surface area contributed by atoms with E-state index in [4.69, 9.17) is 11.5 Å². The van der Waals surface area contributed by atoms with Gasteiger partial charge in [0.05, 0.1) is 5.92 Å². The summed E-state index contributed by atoms with van der Waals surface area (Å²) in [5.41, 5.74) is 11.9. The Labute approximate surface area is 142 Å². The van der Waals surface area contributed by atoms with E-state index in [0.717, 1.165) is 0 Å². The molecule has 0 bridgehead atoms. The van der Waals surface area contributed by atoms with Gasteiger partial charge in [-0.15, -0.1) is 13.2 Å². The molecule has 0 fully saturated rings. The summed E-state index contributed by atoms with van der Waals surface area (Å²) in [5.74, 6) is -1.86. The number of amides is 1. The van der Waals surface area contributed by atoms with Crippen LogP contribution in [0, 0.1) is 0 Å². The zero-order valence-corrected chi connectivity index (χ0v) is 13.0. The van der Waals surface area contributed by atoms with Gasteiger partial charge >= 0.3 is 6.36 Å². The van der Waals surface area contributed by atoms with Crippen LogP contribution in [-0.2, 0) is 11.2 Å². The Morgan fingerprint density at radius 3 is 2.16 bits per heavy atom. The van der Waals surface area contributed by atoms with Crippen LogP contribution in [0.15, 0.2) is 59.6 Å². The molecule has 5 nitrogen and oxygen atoms in total. The highest BCUT2D eigenvalue weighted by Crippen LogP contribution is 2.26. The molecule has 25 heavy (non-hydrogen) atoms. The minimum atomic E-state index is -4.75. The summed E-state index contributed by atoms with van der Waals surface area (Å²) >= 11 is 0. The maximum absolute atomic E-state index is 12.3. The molecule has 0 unspecified atom stereocenters. The molecule has 2 rings (SSSR count). The lowest BCUT2D eigenvalue weighted by molar-refractivity contribution is -0.274. The number of carbonyl (C=O) groups excluding carboxylic acids is 1. The maximum Gasteiger partial charge on any atom is 0.573 e. The lowest BCUT2D eigenvalue weighted by Crippen LogP contribution is -2.26. The third kappa shape index (κ3) is 5.83. The minimum Gasteiger partial charge on any atom is -0.406 e. The van der Waals surface area contributed by atoms with Crippen molar-refractivity contribution in [3.8, 4) is 5.75 Å². The van der Waals surface area contributed by atoms with Crippen LogP contribution in [-0.4, -0.2) is 18.2 Å². The Balaban J connectivity index is 2.22. The van der Waals surface area contributed by atoms with Crippen molar-refractivity contribution in [2.24, 2.45) is 16.5 Å². The van der Waals surface area contributed by atoms with Crippen LogP contribution in [0.2, 0.25) is 0 Å². The molecule has 2 aromatic rings. The summed E-state index contributed by atoms with van der Waals surface area (Å²) < 4.78 is 40.4. The van der Waals surface area contributed by atoms with E-state index in [1.165, 1.54) is 24.3 Å². The average Bonchev–Trinajstić information content (AvgIpc) is 2.52. The molecule has 0 aliphatic carbocycles. The van der Waals surface area contributed by atoms with Gasteiger partial charge in [-0.3, -0.25) is 4.79 Å². The SMILES string of the molecule is NC(N)=NC(=O)[C@@H](Cc1ccc(OC(F)(F)F)cc1)c1ccccc1. The van der Waals surface area contributed by atoms with Crippen LogP contribution in [0.3, 0.4) is 0 Å². The summed E-state index contributed by atoms with van der Waals surface area (Å²) in [5, 5.41) is 0. The predicted molar refractivity (Wildman–Crippen MR) is 86.8 cm³/mol. The van der Waals surface area contributed by atoms with Gasteiger partial charge in [0.1, 0.15) is 5.75 Å². The molecule has 0 heterocycles. The van der Waals surface area contributed by atoms with Crippen molar-refractivity contribution in [1.82, 2.24) is 0 Å². The average molecular weight is 351 g/mol. The highest BCUT2D eigenvalue weighted by Gasteiger charge is 2.31. The number of ether oxygens (including phenoxy) is 1. The van der Waals surface area contributed by atoms with Crippen molar-refractivity contribution in [2.45, 2.75) is 18.7 Å². The summed E-state index contributed by atoms with van der Waals surface area (Å²) in [6, 6.07) is 14.1. The van der Waals surface area contributed by atoms with Crippen LogP contribution < -0.4 is 16.2 Å². The number of nitrogens with two attached hydrogens (primary N) is 2. The Hall–Kier alpha value is -3.03. The van der Waals surface area contributed by atoms with Gasteiger partial charge in [0.15, 0.2) is 5.96 Å². The highest BCUT2D eigenvalue weighted by molar-refractivity contribution is 5.95. The van der Waals surface area contributed by atoms with Gasteiger partial charge in [-0.1, -0.05) is 42.5 Å². The van der Waals surface area contributed by atoms with E-state index >= 15 is 0 Å². The van der Waals surface area contributed by atoms with Crippen LogP contribution in [0.4, 0.5) is 13.2 Å². The number of guanidine groups is 1. The summed E-state index contributed by atoms with van der Waals surface area (Å²) in [6.07, 6.45) is -4.52. The molecule has 0 aliphatic rings. The van der Waals surface area contributed by atoms with Gasteiger partial charge in [-0.25, -0.2) is 0 Å². The van der Waals surface area contributed by atoms with Crippen LogP contribution in [0.5, 0.6) is 5.75 Å². The first kappa shape index (κ1) is 18.3. The Bertz CT molecular complexity index is 740. The zero-order valence-electron chi connectivity index (χ0n) is 13.0. The minimum absolute atomic E-state index is 0.228. The fourth-order valence-corrected chi connectivity index (χ4v) is 2.30. The maximum atomic E-state index is 12.3. The van der Waals surface area contributed by atoms with Crippen molar-refractivity contribution in [3.05, 3.63) is 65.7 Å². The number of aliphatic imine (C=N–C) groups is 1. The van der Waals surface area contributed by atoms with Crippen molar-refractivity contribution in [1.29, 1.82) is 0 Å². The topological polar surface area (TPSA) is 90.7 Å². The third-order valence-corrected chi connectivity index (χ3v) is 3.34. The molecule has 132 valence electrons. The van der Waals surface area contributed by atoms with E-state index < -0.39 is 18.2 Å². The first-order valence-corrected chi connectivity index (χ1v) is 7.28. The molecular weight excluding hydrogens is 335 g/mol. The van der Waals surface area contributed by atoms with Gasteiger partial charge in [0.25, 0.3) is 5.91 Å². The van der Waals surface area contributed by atoms with Gasteiger partial charge < -0.3 is 16.2 Å². The fraction of sp³-hybridized carbons (Fsp3) is 0.176. The Morgan fingerprint density at radius 1 is 1.04 bits per heavy atom. The predicted octanol–water partition coefficient (Wildman–Crippen LogP) is 2.71. The number of halogens is 3. The molecule has 4 N–H and O–H groups in total. The summed E-state index contributed by atoms with van der Waals surface area (Å²) in [4.78, 5) is 15.9. The first-order chi connectivity index (χ1) is 11.7. The molecule has 8 heteroatoms. The molecule has 0 aliphatic heterocycles. The van der Waals surface area contributed by atoms with Gasteiger partial charge in [0.2, 0.25) is 0 Å². The lowest BCUT2D eigenvalue weighted by Gasteiger charge is -2.15. The quantitative estimate of drug-likeness (QED) is 0.640. The monoisotopic (exact) mass is 351 g/mol. The zero-order chi connectivity index (χ0) is 18.4. The normalized spacial score (nSPS) is 12.3. The smallest absolute Gasteiger partial charge is 0.406 e. The van der Waals surface area contributed by atoms with E-state index in [2.05, 4.69) is 9.73 Å². The molecule has 0 aromatic heterocycles. The van der Waals surface area contributed by atoms with Gasteiger partial charge in [-0.05, 0) is 29.7 Å². The van der Waals surface area contributed by atoms with Crippen LogP contribution in [0.25, 0.3) is 0 Å². The van der Waals surface area contributed by atoms with E-state index in [9.17, 15) is 18.0 Å². The number of hydrogen-bond donors (Lipinski definition) is 2. The number of carbonyl (C=O) groups is 1.